The fourth-order valence-corrected chi connectivity index (χ4v) is 4.36. The van der Waals surface area contributed by atoms with Crippen LogP contribution in [0.2, 0.25) is 0 Å². The molecule has 0 bridgehead atoms. The molecule has 4 aromatic rings. The number of amides is 1. The molecule has 168 valence electrons. The van der Waals surface area contributed by atoms with Crippen LogP contribution in [0.5, 0.6) is 0 Å². The molecule has 1 aliphatic carbocycles. The van der Waals surface area contributed by atoms with Crippen LogP contribution in [0.15, 0.2) is 45.4 Å². The minimum atomic E-state index is 0.0133. The summed E-state index contributed by atoms with van der Waals surface area (Å²) in [6.07, 6.45) is 2.22. The normalized spacial score (nSPS) is 17.1. The molecule has 3 aromatic heterocycles. The smallest absolute Gasteiger partial charge is 0.259 e. The van der Waals surface area contributed by atoms with E-state index in [9.17, 15) is 4.79 Å². The molecule has 9 nitrogen and oxygen atoms in total. The number of rotatable bonds is 5. The molecule has 1 saturated heterocycles. The van der Waals surface area contributed by atoms with E-state index in [0.29, 0.717) is 54.2 Å². The van der Waals surface area contributed by atoms with Crippen molar-refractivity contribution in [3.63, 3.8) is 0 Å². The first-order valence-electron chi connectivity index (χ1n) is 11.3. The number of aryl methyl sites for hydroxylation is 1. The van der Waals surface area contributed by atoms with Gasteiger partial charge in [-0.25, -0.2) is 4.98 Å². The van der Waals surface area contributed by atoms with Crippen molar-refractivity contribution < 1.29 is 13.8 Å². The van der Waals surface area contributed by atoms with Crippen molar-refractivity contribution in [3.05, 3.63) is 59.2 Å². The maximum Gasteiger partial charge on any atom is 0.259 e. The third-order valence-corrected chi connectivity index (χ3v) is 6.38. The molecule has 1 aromatic carbocycles. The molecule has 1 aliphatic heterocycles. The Labute approximate surface area is 190 Å². The van der Waals surface area contributed by atoms with Gasteiger partial charge in [-0.3, -0.25) is 9.69 Å². The average molecular weight is 444 g/mol. The van der Waals surface area contributed by atoms with E-state index in [0.717, 1.165) is 42.6 Å². The zero-order valence-corrected chi connectivity index (χ0v) is 18.4. The molecule has 9 heteroatoms. The van der Waals surface area contributed by atoms with Gasteiger partial charge in [0.05, 0.1) is 23.2 Å². The highest BCUT2D eigenvalue weighted by Crippen LogP contribution is 2.40. The molecule has 1 amide bonds. The van der Waals surface area contributed by atoms with Crippen LogP contribution in [-0.2, 0) is 6.54 Å². The number of fused-ring (bicyclic) bond motifs is 1. The Bertz CT molecular complexity index is 1300. The third kappa shape index (κ3) is 3.89. The number of pyridine rings is 1. The van der Waals surface area contributed by atoms with E-state index in [1.807, 2.05) is 48.2 Å². The summed E-state index contributed by atoms with van der Waals surface area (Å²) in [6, 6.07) is 11.7. The minimum Gasteiger partial charge on any atom is -0.338 e. The Balaban J connectivity index is 1.14. The van der Waals surface area contributed by atoms with E-state index in [1.54, 1.807) is 0 Å². The van der Waals surface area contributed by atoms with Crippen LogP contribution in [0, 0.1) is 6.92 Å². The molecular formula is C24H24N6O3. The number of hydrogen-bond donors (Lipinski definition) is 0. The number of hydrogen-bond acceptors (Lipinski definition) is 8. The molecular weight excluding hydrogens is 420 g/mol. The number of aromatic nitrogens is 4. The fourth-order valence-electron chi connectivity index (χ4n) is 4.36. The Kier molecular flexibility index (Phi) is 4.91. The lowest BCUT2D eigenvalue weighted by atomic mass is 10.1. The van der Waals surface area contributed by atoms with Gasteiger partial charge in [-0.2, -0.15) is 4.98 Å². The van der Waals surface area contributed by atoms with E-state index < -0.39 is 0 Å². The second-order valence-corrected chi connectivity index (χ2v) is 8.76. The van der Waals surface area contributed by atoms with Crippen molar-refractivity contribution in [2.75, 3.05) is 26.2 Å². The number of benzene rings is 1. The number of carbonyl (C=O) groups excluding carboxylic acids is 1. The second-order valence-electron chi connectivity index (χ2n) is 8.76. The molecule has 6 rings (SSSR count). The van der Waals surface area contributed by atoms with Gasteiger partial charge < -0.3 is 13.9 Å². The largest absolute Gasteiger partial charge is 0.338 e. The lowest BCUT2D eigenvalue weighted by Gasteiger charge is -2.34. The van der Waals surface area contributed by atoms with Gasteiger partial charge in [0.25, 0.3) is 11.6 Å². The predicted molar refractivity (Wildman–Crippen MR) is 119 cm³/mol. The lowest BCUT2D eigenvalue weighted by molar-refractivity contribution is 0.0616. The zero-order valence-electron chi connectivity index (χ0n) is 18.4. The first-order chi connectivity index (χ1) is 16.2. The summed E-state index contributed by atoms with van der Waals surface area (Å²) in [6.45, 7) is 5.16. The van der Waals surface area contributed by atoms with Crippen LogP contribution < -0.4 is 0 Å². The van der Waals surface area contributed by atoms with Crippen molar-refractivity contribution in [2.24, 2.45) is 0 Å². The first kappa shape index (κ1) is 20.0. The van der Waals surface area contributed by atoms with Crippen molar-refractivity contribution in [1.82, 2.24) is 30.1 Å². The number of carbonyl (C=O) groups is 1. The molecule has 1 saturated carbocycles. The second kappa shape index (κ2) is 8.08. The Morgan fingerprint density at radius 1 is 1.03 bits per heavy atom. The predicted octanol–water partition coefficient (Wildman–Crippen LogP) is 3.42. The summed E-state index contributed by atoms with van der Waals surface area (Å²) >= 11 is 0. The van der Waals surface area contributed by atoms with Gasteiger partial charge >= 0.3 is 0 Å². The molecule has 33 heavy (non-hydrogen) atoms. The van der Waals surface area contributed by atoms with E-state index in [1.165, 1.54) is 0 Å². The van der Waals surface area contributed by atoms with Crippen LogP contribution in [-0.4, -0.2) is 62.2 Å². The van der Waals surface area contributed by atoms with Gasteiger partial charge in [0, 0.05) is 43.4 Å². The minimum absolute atomic E-state index is 0.0133. The highest BCUT2D eigenvalue weighted by atomic mass is 16.5. The van der Waals surface area contributed by atoms with Gasteiger partial charge in [-0.15, -0.1) is 0 Å². The number of nitrogens with zero attached hydrogens (tertiary/aromatic N) is 6. The average Bonchev–Trinajstić information content (AvgIpc) is 3.50. The van der Waals surface area contributed by atoms with E-state index >= 15 is 0 Å². The van der Waals surface area contributed by atoms with Crippen LogP contribution in [0.25, 0.3) is 22.5 Å². The first-order valence-corrected chi connectivity index (χ1v) is 11.3. The molecule has 0 N–H and O–H groups in total. The summed E-state index contributed by atoms with van der Waals surface area (Å²) < 4.78 is 10.9. The van der Waals surface area contributed by atoms with E-state index in [-0.39, 0.29) is 5.91 Å². The van der Waals surface area contributed by atoms with Crippen molar-refractivity contribution in [2.45, 2.75) is 32.2 Å². The summed E-state index contributed by atoms with van der Waals surface area (Å²) in [5.74, 6) is 1.62. The molecule has 2 fully saturated rings. The van der Waals surface area contributed by atoms with E-state index in [4.69, 9.17) is 9.05 Å². The Morgan fingerprint density at radius 2 is 1.82 bits per heavy atom. The zero-order chi connectivity index (χ0) is 22.4. The topological polar surface area (TPSA) is 101 Å². The monoisotopic (exact) mass is 444 g/mol. The quantitative estimate of drug-likeness (QED) is 0.462. The van der Waals surface area contributed by atoms with Gasteiger partial charge in [0.15, 0.2) is 0 Å². The highest BCUT2D eigenvalue weighted by Gasteiger charge is 2.31. The van der Waals surface area contributed by atoms with Gasteiger partial charge in [-0.1, -0.05) is 40.6 Å². The van der Waals surface area contributed by atoms with Gasteiger partial charge in [0.2, 0.25) is 11.7 Å². The summed E-state index contributed by atoms with van der Waals surface area (Å²) in [5.41, 5.74) is 3.68. The molecule has 4 heterocycles. The third-order valence-electron chi connectivity index (χ3n) is 6.38. The molecule has 2 aliphatic rings. The molecule has 0 spiro atoms. The fraction of sp³-hybridized carbons (Fsp3) is 0.375. The number of piperazine rings is 1. The van der Waals surface area contributed by atoms with Gasteiger partial charge in [0.1, 0.15) is 0 Å². The summed E-state index contributed by atoms with van der Waals surface area (Å²) in [4.78, 5) is 26.7. The van der Waals surface area contributed by atoms with Gasteiger partial charge in [-0.05, 0) is 25.8 Å². The van der Waals surface area contributed by atoms with Crippen LogP contribution in [0.1, 0.15) is 46.4 Å². The Hall–Kier alpha value is -3.59. The molecule has 0 radical (unpaired) electrons. The molecule has 0 atom stereocenters. The summed E-state index contributed by atoms with van der Waals surface area (Å²) in [7, 11) is 0. The van der Waals surface area contributed by atoms with Crippen LogP contribution in [0.3, 0.4) is 0 Å². The van der Waals surface area contributed by atoms with E-state index in [2.05, 4.69) is 25.2 Å². The SMILES string of the molecule is Cc1noc2nc(C3CC3)cc(C(=O)N3CCN(Cc4nc(-c5ccccc5)no4)CC3)c12. The molecule has 0 unspecified atom stereocenters. The summed E-state index contributed by atoms with van der Waals surface area (Å²) in [5, 5.41) is 8.87. The maximum absolute atomic E-state index is 13.5. The maximum atomic E-state index is 13.5. The van der Waals surface area contributed by atoms with Crippen LogP contribution >= 0.6 is 0 Å². The van der Waals surface area contributed by atoms with Crippen molar-refractivity contribution in [1.29, 1.82) is 0 Å². The highest BCUT2D eigenvalue weighted by molar-refractivity contribution is 6.06. The Morgan fingerprint density at radius 3 is 2.58 bits per heavy atom. The van der Waals surface area contributed by atoms with Crippen LogP contribution in [0.4, 0.5) is 0 Å². The van der Waals surface area contributed by atoms with Crippen molar-refractivity contribution in [3.8, 4) is 11.4 Å². The lowest BCUT2D eigenvalue weighted by Crippen LogP contribution is -2.48. The standard InChI is InChI=1S/C24H24N6O3/c1-15-21-18(13-19(16-7-8-16)25-23(21)33-27-15)24(31)30-11-9-29(10-12-30)14-20-26-22(28-32-20)17-5-3-2-4-6-17/h2-6,13,16H,7-12,14H2,1H3. The van der Waals surface area contributed by atoms with Crippen molar-refractivity contribution >= 4 is 17.0 Å².